The zero-order chi connectivity index (χ0) is 17.2. The fraction of sp³-hybridized carbons (Fsp3) is 0.0556. The number of hydrogen-bond donors (Lipinski definition) is 2. The molecule has 2 aromatic heterocycles. The van der Waals surface area contributed by atoms with Gasteiger partial charge in [0.15, 0.2) is 5.69 Å². The molecule has 0 aliphatic heterocycles. The summed E-state index contributed by atoms with van der Waals surface area (Å²) in [7, 11) is 0. The second kappa shape index (κ2) is 6.12. The van der Waals surface area contributed by atoms with Gasteiger partial charge in [0, 0.05) is 17.6 Å². The molecule has 0 bridgehead atoms. The minimum atomic E-state index is -1.06. The Bertz CT molecular complexity index is 1040. The van der Waals surface area contributed by atoms with Crippen LogP contribution < -0.4 is 4.74 Å². The van der Waals surface area contributed by atoms with E-state index in [0.29, 0.717) is 23.3 Å². The number of ether oxygens (including phenoxy) is 1. The smallest absolute Gasteiger partial charge is 0.357 e. The van der Waals surface area contributed by atoms with Crippen LogP contribution in [0.1, 0.15) is 16.2 Å². The van der Waals surface area contributed by atoms with E-state index in [1.807, 2.05) is 42.6 Å². The number of para-hydroxylation sites is 1. The summed E-state index contributed by atoms with van der Waals surface area (Å²) in [4.78, 5) is 11.1. The van der Waals surface area contributed by atoms with Crippen LogP contribution in [0.15, 0.2) is 60.8 Å². The number of nitrogens with one attached hydrogen (secondary N) is 1. The number of carboxylic acids is 1. The number of nitrogens with zero attached hydrogens (tertiary/aromatic N) is 3. The first-order chi connectivity index (χ1) is 12.2. The number of carbonyl (C=O) groups is 1. The average Bonchev–Trinajstić information content (AvgIpc) is 3.27. The van der Waals surface area contributed by atoms with Gasteiger partial charge in [0.1, 0.15) is 18.1 Å². The van der Waals surface area contributed by atoms with Crippen LogP contribution in [0, 0.1) is 0 Å². The maximum Gasteiger partial charge on any atom is 0.357 e. The number of benzene rings is 2. The molecule has 0 amide bonds. The molecule has 0 aliphatic carbocycles. The van der Waals surface area contributed by atoms with Crippen molar-refractivity contribution in [2.24, 2.45) is 0 Å². The van der Waals surface area contributed by atoms with E-state index in [0.717, 1.165) is 11.4 Å². The van der Waals surface area contributed by atoms with Gasteiger partial charge in [-0.2, -0.15) is 10.2 Å². The Kier molecular flexibility index (Phi) is 3.66. The zero-order valence-electron chi connectivity index (χ0n) is 13.1. The predicted octanol–water partition coefficient (Wildman–Crippen LogP) is 3.03. The van der Waals surface area contributed by atoms with Crippen molar-refractivity contribution in [2.75, 3.05) is 0 Å². The molecule has 0 fully saturated rings. The Balaban J connectivity index is 1.49. The highest BCUT2D eigenvalue weighted by Crippen LogP contribution is 2.22. The second-order valence-electron chi connectivity index (χ2n) is 5.46. The lowest BCUT2D eigenvalue weighted by Crippen LogP contribution is -1.99. The summed E-state index contributed by atoms with van der Waals surface area (Å²) in [5.41, 5.74) is 2.39. The highest BCUT2D eigenvalue weighted by molar-refractivity contribution is 6.01. The Hall–Kier alpha value is -3.61. The molecule has 7 heteroatoms. The van der Waals surface area contributed by atoms with E-state index in [1.165, 1.54) is 0 Å². The van der Waals surface area contributed by atoms with Crippen LogP contribution in [0.5, 0.6) is 5.75 Å². The lowest BCUT2D eigenvalue weighted by atomic mass is 10.2. The van der Waals surface area contributed by atoms with Gasteiger partial charge in [0.05, 0.1) is 11.2 Å². The van der Waals surface area contributed by atoms with E-state index in [2.05, 4.69) is 15.3 Å². The average molecular weight is 334 g/mol. The first-order valence-corrected chi connectivity index (χ1v) is 7.65. The summed E-state index contributed by atoms with van der Waals surface area (Å²) >= 11 is 0. The maximum atomic E-state index is 11.1. The van der Waals surface area contributed by atoms with Gasteiger partial charge in [-0.3, -0.25) is 5.10 Å². The summed E-state index contributed by atoms with van der Waals surface area (Å²) in [6, 6.07) is 16.8. The van der Waals surface area contributed by atoms with Crippen LogP contribution in [0.25, 0.3) is 16.6 Å². The highest BCUT2D eigenvalue weighted by Gasteiger charge is 2.13. The molecule has 0 saturated heterocycles. The highest BCUT2D eigenvalue weighted by atomic mass is 16.5. The Labute approximate surface area is 142 Å². The Morgan fingerprint density at radius 3 is 2.80 bits per heavy atom. The standard InChI is InChI=1S/C18H14N4O3/c23-18(24)17-15-7-6-14(10-16(15)19-20-17)25-11-12-8-9-22(21-12)13-4-2-1-3-5-13/h1-10H,11H2,(H,19,20)(H,23,24). The summed E-state index contributed by atoms with van der Waals surface area (Å²) in [6.07, 6.45) is 1.88. The van der Waals surface area contributed by atoms with Gasteiger partial charge in [-0.25, -0.2) is 9.48 Å². The molecule has 4 rings (SSSR count). The fourth-order valence-corrected chi connectivity index (χ4v) is 2.57. The molecule has 7 nitrogen and oxygen atoms in total. The van der Waals surface area contributed by atoms with Crippen molar-refractivity contribution >= 4 is 16.9 Å². The van der Waals surface area contributed by atoms with Crippen LogP contribution in [0.3, 0.4) is 0 Å². The van der Waals surface area contributed by atoms with Crippen molar-refractivity contribution in [3.05, 3.63) is 72.2 Å². The third kappa shape index (κ3) is 2.94. The SMILES string of the molecule is O=C(O)c1n[nH]c2cc(OCc3ccn(-c4ccccc4)n3)ccc12. The number of aromatic amines is 1. The number of rotatable bonds is 5. The van der Waals surface area contributed by atoms with Crippen molar-refractivity contribution in [1.82, 2.24) is 20.0 Å². The normalized spacial score (nSPS) is 10.9. The molecular formula is C18H14N4O3. The van der Waals surface area contributed by atoms with Crippen LogP contribution >= 0.6 is 0 Å². The fourth-order valence-electron chi connectivity index (χ4n) is 2.57. The van der Waals surface area contributed by atoms with E-state index in [-0.39, 0.29) is 5.69 Å². The quantitative estimate of drug-likeness (QED) is 0.585. The van der Waals surface area contributed by atoms with Crippen molar-refractivity contribution < 1.29 is 14.6 Å². The molecule has 2 heterocycles. The number of carboxylic acid groups (broad SMARTS) is 1. The predicted molar refractivity (Wildman–Crippen MR) is 90.9 cm³/mol. The summed E-state index contributed by atoms with van der Waals surface area (Å²) in [5.74, 6) is -0.450. The molecule has 25 heavy (non-hydrogen) atoms. The van der Waals surface area contributed by atoms with Gasteiger partial charge >= 0.3 is 5.97 Å². The Morgan fingerprint density at radius 2 is 2.00 bits per heavy atom. The minimum Gasteiger partial charge on any atom is -0.487 e. The molecule has 0 spiro atoms. The topological polar surface area (TPSA) is 93.0 Å². The first kappa shape index (κ1) is 14.9. The number of aromatic nitrogens is 4. The molecule has 0 aliphatic rings. The van der Waals surface area contributed by atoms with Crippen LogP contribution in [0.4, 0.5) is 0 Å². The zero-order valence-corrected chi connectivity index (χ0v) is 13.1. The molecule has 0 unspecified atom stereocenters. The van der Waals surface area contributed by atoms with E-state index >= 15 is 0 Å². The van der Waals surface area contributed by atoms with Gasteiger partial charge in [-0.1, -0.05) is 18.2 Å². The van der Waals surface area contributed by atoms with Crippen LogP contribution in [-0.2, 0) is 6.61 Å². The number of hydrogen-bond acceptors (Lipinski definition) is 4. The van der Waals surface area contributed by atoms with Crippen molar-refractivity contribution in [2.45, 2.75) is 6.61 Å². The number of fused-ring (bicyclic) bond motifs is 1. The minimum absolute atomic E-state index is 0.00292. The molecule has 4 aromatic rings. The Morgan fingerprint density at radius 1 is 1.16 bits per heavy atom. The summed E-state index contributed by atoms with van der Waals surface area (Å²) in [6.45, 7) is 0.311. The third-order valence-corrected chi connectivity index (χ3v) is 3.79. The monoisotopic (exact) mass is 334 g/mol. The number of H-pyrrole nitrogens is 1. The maximum absolute atomic E-state index is 11.1. The van der Waals surface area contributed by atoms with Crippen molar-refractivity contribution in [1.29, 1.82) is 0 Å². The van der Waals surface area contributed by atoms with Crippen molar-refractivity contribution in [3.63, 3.8) is 0 Å². The summed E-state index contributed by atoms with van der Waals surface area (Å²) in [5, 5.41) is 20.6. The largest absolute Gasteiger partial charge is 0.487 e. The van der Waals surface area contributed by atoms with Gasteiger partial charge in [0.25, 0.3) is 0 Å². The van der Waals surface area contributed by atoms with Crippen LogP contribution in [-0.4, -0.2) is 31.1 Å². The van der Waals surface area contributed by atoms with Crippen molar-refractivity contribution in [3.8, 4) is 11.4 Å². The van der Waals surface area contributed by atoms with E-state index in [4.69, 9.17) is 9.84 Å². The van der Waals surface area contributed by atoms with Gasteiger partial charge < -0.3 is 9.84 Å². The van der Waals surface area contributed by atoms with Gasteiger partial charge in [-0.05, 0) is 30.3 Å². The van der Waals surface area contributed by atoms with Gasteiger partial charge in [0.2, 0.25) is 0 Å². The van der Waals surface area contributed by atoms with E-state index < -0.39 is 5.97 Å². The lowest BCUT2D eigenvalue weighted by molar-refractivity contribution is 0.0692. The molecule has 0 saturated carbocycles. The number of aromatic carboxylic acids is 1. The molecule has 0 atom stereocenters. The van der Waals surface area contributed by atoms with Crippen LogP contribution in [0.2, 0.25) is 0 Å². The molecule has 2 aromatic carbocycles. The lowest BCUT2D eigenvalue weighted by Gasteiger charge is -2.04. The van der Waals surface area contributed by atoms with E-state index in [9.17, 15) is 4.79 Å². The molecule has 2 N–H and O–H groups in total. The third-order valence-electron chi connectivity index (χ3n) is 3.79. The van der Waals surface area contributed by atoms with Gasteiger partial charge in [-0.15, -0.1) is 0 Å². The molecule has 124 valence electrons. The molecular weight excluding hydrogens is 320 g/mol. The second-order valence-corrected chi connectivity index (χ2v) is 5.46. The molecule has 0 radical (unpaired) electrons. The summed E-state index contributed by atoms with van der Waals surface area (Å²) < 4.78 is 7.54. The first-order valence-electron chi connectivity index (χ1n) is 7.65. The van der Waals surface area contributed by atoms with E-state index in [1.54, 1.807) is 22.9 Å².